The minimum absolute atomic E-state index is 0.375. The maximum atomic E-state index is 5.31. The van der Waals surface area contributed by atoms with Crippen molar-refractivity contribution in [1.29, 1.82) is 0 Å². The van der Waals surface area contributed by atoms with Crippen LogP contribution in [0.3, 0.4) is 0 Å². The maximum absolute atomic E-state index is 5.31. The molecule has 0 aromatic rings. The molecule has 0 aromatic heterocycles. The van der Waals surface area contributed by atoms with Crippen LogP contribution in [0.1, 0.15) is 13.3 Å². The molecular formula is C8H14N2O. The van der Waals surface area contributed by atoms with Gasteiger partial charge in [-0.05, 0) is 19.9 Å². The molecule has 0 saturated carbocycles. The summed E-state index contributed by atoms with van der Waals surface area (Å²) >= 11 is 0. The monoisotopic (exact) mass is 154 g/mol. The van der Waals surface area contributed by atoms with Gasteiger partial charge in [0.1, 0.15) is 6.10 Å². The standard InChI is InChI=1S/C8H14N2O/c1-2-9-11-8-6-10-4-3-7(8)5-10/h2,7-8H,3-6H2,1H3. The van der Waals surface area contributed by atoms with Crippen molar-refractivity contribution in [3.63, 3.8) is 0 Å². The number of piperidine rings is 1. The lowest BCUT2D eigenvalue weighted by atomic mass is 10.0. The molecule has 0 amide bonds. The van der Waals surface area contributed by atoms with E-state index in [9.17, 15) is 0 Å². The summed E-state index contributed by atoms with van der Waals surface area (Å²) in [5.74, 6) is 0.749. The fourth-order valence-electron chi connectivity index (χ4n) is 1.99. The van der Waals surface area contributed by atoms with E-state index in [0.29, 0.717) is 6.10 Å². The predicted molar refractivity (Wildman–Crippen MR) is 43.6 cm³/mol. The first-order chi connectivity index (χ1) is 5.40. The number of nitrogens with zero attached hydrogens (tertiary/aromatic N) is 2. The normalized spacial score (nSPS) is 42.1. The van der Waals surface area contributed by atoms with Crippen LogP contribution in [-0.4, -0.2) is 36.9 Å². The van der Waals surface area contributed by atoms with Crippen LogP contribution >= 0.6 is 0 Å². The molecular weight excluding hydrogens is 140 g/mol. The third-order valence-electron chi connectivity index (χ3n) is 2.57. The summed E-state index contributed by atoms with van der Waals surface area (Å²) in [6.07, 6.45) is 3.38. The van der Waals surface area contributed by atoms with Gasteiger partial charge in [-0.1, -0.05) is 5.16 Å². The Morgan fingerprint density at radius 3 is 3.00 bits per heavy atom. The Hall–Kier alpha value is -0.570. The van der Waals surface area contributed by atoms with Crippen molar-refractivity contribution in [3.8, 4) is 0 Å². The molecule has 2 aliphatic rings. The molecule has 2 rings (SSSR count). The molecule has 3 nitrogen and oxygen atoms in total. The third-order valence-corrected chi connectivity index (χ3v) is 2.57. The third kappa shape index (κ3) is 1.25. The smallest absolute Gasteiger partial charge is 0.144 e. The average Bonchev–Trinajstić information content (AvgIpc) is 2.60. The van der Waals surface area contributed by atoms with Gasteiger partial charge in [0.2, 0.25) is 0 Å². The molecule has 2 fully saturated rings. The van der Waals surface area contributed by atoms with Gasteiger partial charge < -0.3 is 4.84 Å². The lowest BCUT2D eigenvalue weighted by Gasteiger charge is -2.19. The lowest BCUT2D eigenvalue weighted by Crippen LogP contribution is -2.28. The molecule has 2 saturated heterocycles. The van der Waals surface area contributed by atoms with Crippen LogP contribution in [0.5, 0.6) is 0 Å². The van der Waals surface area contributed by atoms with E-state index in [-0.39, 0.29) is 0 Å². The van der Waals surface area contributed by atoms with Gasteiger partial charge >= 0.3 is 0 Å². The van der Waals surface area contributed by atoms with Crippen LogP contribution in [0, 0.1) is 5.92 Å². The second-order valence-corrected chi connectivity index (χ2v) is 3.32. The predicted octanol–water partition coefficient (Wildman–Crippen LogP) is 0.713. The van der Waals surface area contributed by atoms with Crippen LogP contribution in [0.15, 0.2) is 5.16 Å². The molecule has 0 spiro atoms. The first-order valence-corrected chi connectivity index (χ1v) is 4.26. The molecule has 3 atom stereocenters. The van der Waals surface area contributed by atoms with Crippen LogP contribution in [0.25, 0.3) is 0 Å². The Labute approximate surface area is 67.0 Å². The zero-order chi connectivity index (χ0) is 7.68. The van der Waals surface area contributed by atoms with Crippen LogP contribution in [-0.2, 0) is 4.84 Å². The zero-order valence-electron chi connectivity index (χ0n) is 6.86. The molecule has 2 aliphatic heterocycles. The van der Waals surface area contributed by atoms with Crippen molar-refractivity contribution >= 4 is 6.21 Å². The van der Waals surface area contributed by atoms with Gasteiger partial charge in [0.25, 0.3) is 0 Å². The first kappa shape index (κ1) is 7.10. The Bertz CT molecular complexity index is 169. The molecule has 0 aromatic carbocycles. The van der Waals surface area contributed by atoms with Gasteiger partial charge in [0, 0.05) is 25.2 Å². The summed E-state index contributed by atoms with van der Waals surface area (Å²) in [5, 5.41) is 3.82. The summed E-state index contributed by atoms with van der Waals surface area (Å²) in [6, 6.07) is 0. The van der Waals surface area contributed by atoms with Gasteiger partial charge in [0.15, 0.2) is 0 Å². The molecule has 0 aliphatic carbocycles. The van der Waals surface area contributed by atoms with Crippen molar-refractivity contribution in [1.82, 2.24) is 4.90 Å². The van der Waals surface area contributed by atoms with E-state index in [1.807, 2.05) is 6.92 Å². The molecule has 11 heavy (non-hydrogen) atoms. The van der Waals surface area contributed by atoms with E-state index in [4.69, 9.17) is 4.84 Å². The van der Waals surface area contributed by atoms with Crippen molar-refractivity contribution in [2.24, 2.45) is 11.1 Å². The molecule has 0 radical (unpaired) electrons. The highest BCUT2D eigenvalue weighted by Crippen LogP contribution is 2.29. The second-order valence-electron chi connectivity index (χ2n) is 3.32. The van der Waals surface area contributed by atoms with E-state index in [2.05, 4.69) is 10.1 Å². The Kier molecular flexibility index (Phi) is 1.82. The number of rotatable bonds is 2. The van der Waals surface area contributed by atoms with Gasteiger partial charge in [-0.3, -0.25) is 4.90 Å². The summed E-state index contributed by atoms with van der Waals surface area (Å²) in [7, 11) is 0. The van der Waals surface area contributed by atoms with Gasteiger partial charge in [-0.15, -0.1) is 0 Å². The fraction of sp³-hybridized carbons (Fsp3) is 0.875. The summed E-state index contributed by atoms with van der Waals surface area (Å²) in [5.41, 5.74) is 0. The van der Waals surface area contributed by atoms with E-state index >= 15 is 0 Å². The molecule has 0 N–H and O–H groups in total. The van der Waals surface area contributed by atoms with E-state index < -0.39 is 0 Å². The highest BCUT2D eigenvalue weighted by molar-refractivity contribution is 5.52. The number of fused-ring (bicyclic) bond motifs is 2. The number of oxime groups is 1. The highest BCUT2D eigenvalue weighted by Gasteiger charge is 2.39. The van der Waals surface area contributed by atoms with Gasteiger partial charge in [0.05, 0.1) is 0 Å². The lowest BCUT2D eigenvalue weighted by molar-refractivity contribution is 0.0268. The maximum Gasteiger partial charge on any atom is 0.144 e. The Morgan fingerprint density at radius 2 is 2.45 bits per heavy atom. The highest BCUT2D eigenvalue weighted by atomic mass is 16.6. The summed E-state index contributed by atoms with van der Waals surface area (Å²) < 4.78 is 0. The van der Waals surface area contributed by atoms with Crippen molar-refractivity contribution in [3.05, 3.63) is 0 Å². The molecule has 62 valence electrons. The van der Waals surface area contributed by atoms with E-state index in [1.165, 1.54) is 19.5 Å². The summed E-state index contributed by atoms with van der Waals surface area (Å²) in [4.78, 5) is 7.76. The topological polar surface area (TPSA) is 24.8 Å². The minimum Gasteiger partial charge on any atom is -0.391 e. The Morgan fingerprint density at radius 1 is 1.55 bits per heavy atom. The van der Waals surface area contributed by atoms with Crippen LogP contribution in [0.2, 0.25) is 0 Å². The average molecular weight is 154 g/mol. The number of hydrogen-bond donors (Lipinski definition) is 0. The van der Waals surface area contributed by atoms with Crippen LogP contribution in [0.4, 0.5) is 0 Å². The molecule has 3 heteroatoms. The van der Waals surface area contributed by atoms with Crippen molar-refractivity contribution in [2.45, 2.75) is 19.4 Å². The summed E-state index contributed by atoms with van der Waals surface area (Å²) in [6.45, 7) is 5.46. The quantitative estimate of drug-likeness (QED) is 0.432. The largest absolute Gasteiger partial charge is 0.391 e. The Balaban J connectivity index is 1.87. The fourth-order valence-corrected chi connectivity index (χ4v) is 1.99. The van der Waals surface area contributed by atoms with E-state index in [1.54, 1.807) is 6.21 Å². The molecule has 2 heterocycles. The number of hydrogen-bond acceptors (Lipinski definition) is 3. The first-order valence-electron chi connectivity index (χ1n) is 4.26. The van der Waals surface area contributed by atoms with Crippen molar-refractivity contribution < 1.29 is 4.84 Å². The second kappa shape index (κ2) is 2.81. The SMILES string of the molecule is CC=NOC1CN2CCC1C2. The van der Waals surface area contributed by atoms with Crippen molar-refractivity contribution in [2.75, 3.05) is 19.6 Å². The van der Waals surface area contributed by atoms with Crippen LogP contribution < -0.4 is 0 Å². The van der Waals surface area contributed by atoms with Gasteiger partial charge in [-0.2, -0.15) is 0 Å². The van der Waals surface area contributed by atoms with E-state index in [0.717, 1.165) is 12.5 Å². The molecule has 3 unspecified atom stereocenters. The molecule has 2 bridgehead atoms. The minimum atomic E-state index is 0.375. The zero-order valence-corrected chi connectivity index (χ0v) is 6.86. The van der Waals surface area contributed by atoms with Gasteiger partial charge in [-0.25, -0.2) is 0 Å².